The number of rotatable bonds is 10. The standard InChI is InChI=1S/C25H33N3O3/c1-18(29-2)17-26-25-19-9-4-5-10-21(19)27-22-16-24(23(30-3)15-20(22)25)31-14-8-13-28-11-6-7-12-28/h4-5,9-10,15-16,18H,6-8,11-14,17H2,1-3H3,(H,26,27). The normalized spacial score (nSPS) is 15.5. The Morgan fingerprint density at radius 1 is 1.03 bits per heavy atom. The van der Waals surface area contributed by atoms with E-state index in [0.717, 1.165) is 52.0 Å². The zero-order valence-electron chi connectivity index (χ0n) is 18.8. The predicted octanol–water partition coefficient (Wildman–Crippen LogP) is 4.71. The summed E-state index contributed by atoms with van der Waals surface area (Å²) in [6.07, 6.45) is 3.74. The maximum Gasteiger partial charge on any atom is 0.163 e. The molecule has 2 heterocycles. The monoisotopic (exact) mass is 423 g/mol. The highest BCUT2D eigenvalue weighted by molar-refractivity contribution is 6.08. The van der Waals surface area contributed by atoms with Crippen LogP contribution in [-0.4, -0.2) is 63.0 Å². The maximum absolute atomic E-state index is 6.13. The second kappa shape index (κ2) is 10.2. The van der Waals surface area contributed by atoms with Crippen molar-refractivity contribution in [2.24, 2.45) is 0 Å². The van der Waals surface area contributed by atoms with E-state index in [1.807, 2.05) is 37.3 Å². The largest absolute Gasteiger partial charge is 0.493 e. The third-order valence-corrected chi connectivity index (χ3v) is 6.01. The van der Waals surface area contributed by atoms with Crippen LogP contribution in [0.15, 0.2) is 36.4 Å². The SMILES string of the molecule is COc1cc2c(NCC(C)OC)c3ccccc3nc2cc1OCCCN1CCCC1. The quantitative estimate of drug-likeness (QED) is 0.377. The summed E-state index contributed by atoms with van der Waals surface area (Å²) in [5.41, 5.74) is 2.89. The Bertz CT molecular complexity index is 1020. The number of benzene rings is 2. The van der Waals surface area contributed by atoms with Gasteiger partial charge >= 0.3 is 0 Å². The summed E-state index contributed by atoms with van der Waals surface area (Å²) in [7, 11) is 3.41. The molecule has 1 aliphatic rings. The van der Waals surface area contributed by atoms with Crippen LogP contribution in [0.25, 0.3) is 21.8 Å². The molecule has 1 N–H and O–H groups in total. The van der Waals surface area contributed by atoms with Crippen molar-refractivity contribution in [3.8, 4) is 11.5 Å². The molecule has 0 radical (unpaired) electrons. The Morgan fingerprint density at radius 2 is 1.84 bits per heavy atom. The number of hydrogen-bond donors (Lipinski definition) is 1. The summed E-state index contributed by atoms with van der Waals surface area (Å²) in [4.78, 5) is 7.41. The van der Waals surface area contributed by atoms with Crippen LogP contribution in [0.2, 0.25) is 0 Å². The molecule has 1 unspecified atom stereocenters. The van der Waals surface area contributed by atoms with E-state index in [9.17, 15) is 0 Å². The van der Waals surface area contributed by atoms with Crippen LogP contribution in [0, 0.1) is 0 Å². The van der Waals surface area contributed by atoms with Gasteiger partial charge in [-0.1, -0.05) is 18.2 Å². The highest BCUT2D eigenvalue weighted by Gasteiger charge is 2.15. The Morgan fingerprint density at radius 3 is 2.61 bits per heavy atom. The van der Waals surface area contributed by atoms with Gasteiger partial charge in [-0.15, -0.1) is 0 Å². The Labute approximate surface area is 184 Å². The maximum atomic E-state index is 6.13. The number of anilines is 1. The lowest BCUT2D eigenvalue weighted by atomic mass is 10.1. The van der Waals surface area contributed by atoms with E-state index in [2.05, 4.69) is 16.3 Å². The van der Waals surface area contributed by atoms with E-state index in [1.165, 1.54) is 25.9 Å². The molecule has 0 aliphatic carbocycles. The van der Waals surface area contributed by atoms with E-state index in [-0.39, 0.29) is 6.10 Å². The van der Waals surface area contributed by atoms with Crippen molar-refractivity contribution >= 4 is 27.5 Å². The van der Waals surface area contributed by atoms with Gasteiger partial charge in [-0.2, -0.15) is 0 Å². The van der Waals surface area contributed by atoms with Gasteiger partial charge in [0.25, 0.3) is 0 Å². The number of nitrogens with zero attached hydrogens (tertiary/aromatic N) is 2. The van der Waals surface area contributed by atoms with Crippen LogP contribution in [0.3, 0.4) is 0 Å². The van der Waals surface area contributed by atoms with E-state index < -0.39 is 0 Å². The minimum atomic E-state index is 0.0992. The molecule has 6 heteroatoms. The molecule has 0 amide bonds. The van der Waals surface area contributed by atoms with Crippen molar-refractivity contribution in [2.45, 2.75) is 32.3 Å². The average Bonchev–Trinajstić information content (AvgIpc) is 3.32. The van der Waals surface area contributed by atoms with Crippen molar-refractivity contribution in [2.75, 3.05) is 52.3 Å². The van der Waals surface area contributed by atoms with Gasteiger partial charge in [0.2, 0.25) is 0 Å². The van der Waals surface area contributed by atoms with Crippen molar-refractivity contribution < 1.29 is 14.2 Å². The van der Waals surface area contributed by atoms with Crippen LogP contribution >= 0.6 is 0 Å². The second-order valence-corrected chi connectivity index (χ2v) is 8.20. The topological polar surface area (TPSA) is 55.9 Å². The van der Waals surface area contributed by atoms with E-state index >= 15 is 0 Å². The van der Waals surface area contributed by atoms with Gasteiger partial charge in [0.1, 0.15) is 0 Å². The number of methoxy groups -OCH3 is 2. The van der Waals surface area contributed by atoms with Gasteiger partial charge < -0.3 is 24.4 Å². The molecule has 31 heavy (non-hydrogen) atoms. The van der Waals surface area contributed by atoms with Gasteiger partial charge in [-0.05, 0) is 51.4 Å². The molecule has 6 nitrogen and oxygen atoms in total. The Kier molecular flexibility index (Phi) is 7.10. The average molecular weight is 424 g/mol. The van der Waals surface area contributed by atoms with Crippen LogP contribution < -0.4 is 14.8 Å². The summed E-state index contributed by atoms with van der Waals surface area (Å²) in [6.45, 7) is 6.94. The first kappa shape index (κ1) is 21.7. The third kappa shape index (κ3) is 5.02. The van der Waals surface area contributed by atoms with Crippen LogP contribution in [0.4, 0.5) is 5.69 Å². The van der Waals surface area contributed by atoms with Crippen molar-refractivity contribution in [1.29, 1.82) is 0 Å². The number of para-hydroxylation sites is 1. The lowest BCUT2D eigenvalue weighted by Gasteiger charge is -2.18. The number of likely N-dealkylation sites (tertiary alicyclic amines) is 1. The van der Waals surface area contributed by atoms with Crippen molar-refractivity contribution in [3.05, 3.63) is 36.4 Å². The van der Waals surface area contributed by atoms with Crippen LogP contribution in [0.1, 0.15) is 26.2 Å². The molecule has 4 rings (SSSR count). The number of nitrogens with one attached hydrogen (secondary N) is 1. The van der Waals surface area contributed by atoms with Crippen LogP contribution in [-0.2, 0) is 4.74 Å². The lowest BCUT2D eigenvalue weighted by molar-refractivity contribution is 0.129. The molecule has 1 fully saturated rings. The van der Waals surface area contributed by atoms with E-state index in [4.69, 9.17) is 19.2 Å². The first-order chi connectivity index (χ1) is 15.2. The Balaban J connectivity index is 1.62. The number of aromatic nitrogens is 1. The Hall–Kier alpha value is -2.57. The van der Waals surface area contributed by atoms with Gasteiger partial charge in [-0.3, -0.25) is 0 Å². The number of ether oxygens (including phenoxy) is 3. The number of pyridine rings is 1. The first-order valence-corrected chi connectivity index (χ1v) is 11.2. The molecule has 0 bridgehead atoms. The fraction of sp³-hybridized carbons (Fsp3) is 0.480. The molecule has 1 aliphatic heterocycles. The lowest BCUT2D eigenvalue weighted by Crippen LogP contribution is -2.21. The first-order valence-electron chi connectivity index (χ1n) is 11.2. The van der Waals surface area contributed by atoms with Crippen LogP contribution in [0.5, 0.6) is 11.5 Å². The smallest absolute Gasteiger partial charge is 0.163 e. The molecule has 1 aromatic heterocycles. The van der Waals surface area contributed by atoms with Crippen molar-refractivity contribution in [3.63, 3.8) is 0 Å². The number of fused-ring (bicyclic) bond motifs is 2. The molecule has 0 saturated carbocycles. The zero-order valence-corrected chi connectivity index (χ0v) is 18.8. The van der Waals surface area contributed by atoms with Gasteiger partial charge in [0, 0.05) is 37.0 Å². The summed E-state index contributed by atoms with van der Waals surface area (Å²) >= 11 is 0. The molecule has 2 aromatic carbocycles. The zero-order chi connectivity index (χ0) is 21.6. The number of hydrogen-bond acceptors (Lipinski definition) is 6. The molecule has 166 valence electrons. The molecule has 0 spiro atoms. The molecular weight excluding hydrogens is 390 g/mol. The second-order valence-electron chi connectivity index (χ2n) is 8.20. The molecular formula is C25H33N3O3. The molecule has 1 atom stereocenters. The van der Waals surface area contributed by atoms with E-state index in [0.29, 0.717) is 13.2 Å². The molecule has 3 aromatic rings. The summed E-state index contributed by atoms with van der Waals surface area (Å²) in [6, 6.07) is 12.2. The fourth-order valence-corrected chi connectivity index (χ4v) is 4.17. The minimum Gasteiger partial charge on any atom is -0.493 e. The fourth-order valence-electron chi connectivity index (χ4n) is 4.17. The third-order valence-electron chi connectivity index (χ3n) is 6.01. The highest BCUT2D eigenvalue weighted by Crippen LogP contribution is 2.38. The predicted molar refractivity (Wildman–Crippen MR) is 127 cm³/mol. The van der Waals surface area contributed by atoms with Gasteiger partial charge in [0.05, 0.1) is 36.5 Å². The summed E-state index contributed by atoms with van der Waals surface area (Å²) in [5, 5.41) is 5.67. The minimum absolute atomic E-state index is 0.0992. The van der Waals surface area contributed by atoms with Gasteiger partial charge in [-0.25, -0.2) is 4.98 Å². The molecule has 1 saturated heterocycles. The van der Waals surface area contributed by atoms with Crippen molar-refractivity contribution in [1.82, 2.24) is 9.88 Å². The van der Waals surface area contributed by atoms with E-state index in [1.54, 1.807) is 14.2 Å². The summed E-state index contributed by atoms with van der Waals surface area (Å²) < 4.78 is 17.2. The highest BCUT2D eigenvalue weighted by atomic mass is 16.5. The van der Waals surface area contributed by atoms with Gasteiger partial charge in [0.15, 0.2) is 11.5 Å². The summed E-state index contributed by atoms with van der Waals surface area (Å²) in [5.74, 6) is 1.48.